The number of ether oxygens (including phenoxy) is 2. The van der Waals surface area contributed by atoms with E-state index in [2.05, 4.69) is 60.6 Å². The maximum Gasteiger partial charge on any atom is 0.230 e. The number of methoxy groups -OCH3 is 2. The minimum Gasteiger partial charge on any atom is -0.497 e. The van der Waals surface area contributed by atoms with Crippen molar-refractivity contribution in [3.05, 3.63) is 59.9 Å². The Bertz CT molecular complexity index is 1080. The van der Waals surface area contributed by atoms with Crippen molar-refractivity contribution in [1.29, 1.82) is 0 Å². The van der Waals surface area contributed by atoms with E-state index in [1.165, 1.54) is 5.69 Å². The van der Waals surface area contributed by atoms with Gasteiger partial charge < -0.3 is 24.4 Å². The van der Waals surface area contributed by atoms with Crippen molar-refractivity contribution in [2.75, 3.05) is 50.3 Å². The molecule has 6 nitrogen and oxygen atoms in total. The van der Waals surface area contributed by atoms with Crippen molar-refractivity contribution in [2.24, 2.45) is 23.7 Å². The highest BCUT2D eigenvalue weighted by Gasteiger charge is 2.33. The van der Waals surface area contributed by atoms with Crippen LogP contribution < -0.4 is 9.80 Å². The number of anilines is 2. The number of aliphatic hydroxyl groups excluding tert-OH is 1. The predicted octanol–water partition coefficient (Wildman–Crippen LogP) is 6.90. The molecule has 1 unspecified atom stereocenters. The summed E-state index contributed by atoms with van der Waals surface area (Å²) in [5, 5.41) is 10.1. The van der Waals surface area contributed by atoms with Gasteiger partial charge in [0.05, 0.1) is 19.8 Å². The van der Waals surface area contributed by atoms with Gasteiger partial charge in [0, 0.05) is 50.0 Å². The van der Waals surface area contributed by atoms with Gasteiger partial charge in [0.2, 0.25) is 5.91 Å². The Morgan fingerprint density at radius 1 is 1.00 bits per heavy atom. The summed E-state index contributed by atoms with van der Waals surface area (Å²) in [6, 6.07) is 8.61. The number of hydrogen-bond donors (Lipinski definition) is 1. The van der Waals surface area contributed by atoms with Crippen molar-refractivity contribution in [2.45, 2.75) is 77.7 Å². The molecule has 226 valence electrons. The van der Waals surface area contributed by atoms with Gasteiger partial charge in [-0.3, -0.25) is 4.79 Å². The van der Waals surface area contributed by atoms with Crippen LogP contribution in [-0.4, -0.2) is 57.6 Å². The number of rotatable bonds is 11. The second-order valence-corrected chi connectivity index (χ2v) is 12.7. The van der Waals surface area contributed by atoms with E-state index in [1.54, 1.807) is 14.2 Å². The molecule has 2 saturated carbocycles. The zero-order valence-electron chi connectivity index (χ0n) is 25.8. The highest BCUT2D eigenvalue weighted by atomic mass is 16.5. The topological polar surface area (TPSA) is 62.2 Å². The summed E-state index contributed by atoms with van der Waals surface area (Å²) in [5.41, 5.74) is 4.52. The summed E-state index contributed by atoms with van der Waals surface area (Å²) >= 11 is 0. The average Bonchev–Trinajstić information content (AvgIpc) is 3.45. The first-order chi connectivity index (χ1) is 19.8. The van der Waals surface area contributed by atoms with Gasteiger partial charge in [-0.25, -0.2) is 0 Å². The first-order valence-corrected chi connectivity index (χ1v) is 15.7. The Balaban J connectivity index is 1.45. The highest BCUT2D eigenvalue weighted by molar-refractivity contribution is 5.95. The van der Waals surface area contributed by atoms with Crippen LogP contribution >= 0.6 is 0 Å². The average molecular weight is 565 g/mol. The molecule has 41 heavy (non-hydrogen) atoms. The molecule has 0 bridgehead atoms. The van der Waals surface area contributed by atoms with E-state index in [0.717, 1.165) is 107 Å². The fraction of sp³-hybridized carbons (Fsp3) is 0.629. The third-order valence-electron chi connectivity index (χ3n) is 9.48. The highest BCUT2D eigenvalue weighted by Crippen LogP contribution is 2.37. The second kappa shape index (κ2) is 15.1. The molecule has 1 amide bonds. The third-order valence-corrected chi connectivity index (χ3v) is 9.48. The van der Waals surface area contributed by atoms with Gasteiger partial charge >= 0.3 is 0 Å². The van der Waals surface area contributed by atoms with E-state index in [-0.39, 0.29) is 17.9 Å². The van der Waals surface area contributed by atoms with Crippen molar-refractivity contribution in [3.63, 3.8) is 0 Å². The number of nitrogens with zero attached hydrogens (tertiary/aromatic N) is 2. The molecule has 3 aliphatic rings. The maximum absolute atomic E-state index is 14.0. The number of benzene rings is 1. The monoisotopic (exact) mass is 564 g/mol. The zero-order valence-corrected chi connectivity index (χ0v) is 25.8. The molecule has 1 aliphatic heterocycles. The Hall–Kier alpha value is -2.57. The lowest BCUT2D eigenvalue weighted by Crippen LogP contribution is -2.42. The molecule has 1 heterocycles. The summed E-state index contributed by atoms with van der Waals surface area (Å²) < 4.78 is 10.9. The van der Waals surface area contributed by atoms with Crippen LogP contribution in [0.5, 0.6) is 0 Å². The first-order valence-electron chi connectivity index (χ1n) is 15.7. The van der Waals surface area contributed by atoms with E-state index in [9.17, 15) is 9.90 Å². The van der Waals surface area contributed by atoms with E-state index in [1.807, 2.05) is 6.08 Å². The van der Waals surface area contributed by atoms with Crippen molar-refractivity contribution in [1.82, 2.24) is 0 Å². The summed E-state index contributed by atoms with van der Waals surface area (Å²) in [4.78, 5) is 18.6. The molecule has 2 aliphatic carbocycles. The molecule has 1 N–H and O–H groups in total. The van der Waals surface area contributed by atoms with E-state index < -0.39 is 0 Å². The normalized spacial score (nSPS) is 26.7. The maximum atomic E-state index is 14.0. The summed E-state index contributed by atoms with van der Waals surface area (Å²) in [6.45, 7) is 12.1. The fourth-order valence-electron chi connectivity index (χ4n) is 6.89. The molecule has 6 heteroatoms. The van der Waals surface area contributed by atoms with Gasteiger partial charge in [-0.1, -0.05) is 24.3 Å². The van der Waals surface area contributed by atoms with Crippen molar-refractivity contribution >= 4 is 17.3 Å². The van der Waals surface area contributed by atoms with Gasteiger partial charge in [0.15, 0.2) is 0 Å². The molecule has 0 spiro atoms. The molecule has 1 saturated heterocycles. The number of allylic oxidation sites excluding steroid dienone is 4. The van der Waals surface area contributed by atoms with Gasteiger partial charge in [-0.05, 0) is 113 Å². The molecule has 0 aromatic heterocycles. The molecule has 4 rings (SSSR count). The van der Waals surface area contributed by atoms with Crippen molar-refractivity contribution in [3.8, 4) is 0 Å². The first kappa shape index (κ1) is 31.4. The quantitative estimate of drug-likeness (QED) is 0.234. The molecule has 3 fully saturated rings. The summed E-state index contributed by atoms with van der Waals surface area (Å²) in [6.07, 6.45) is 12.4. The summed E-state index contributed by atoms with van der Waals surface area (Å²) in [7, 11) is 3.49. The van der Waals surface area contributed by atoms with Gasteiger partial charge in [-0.2, -0.15) is 0 Å². The van der Waals surface area contributed by atoms with Crippen LogP contribution in [0, 0.1) is 23.7 Å². The minimum absolute atomic E-state index is 0.00811. The Kier molecular flexibility index (Phi) is 11.5. The van der Waals surface area contributed by atoms with Crippen LogP contribution in [0.4, 0.5) is 11.4 Å². The molecule has 0 radical (unpaired) electrons. The third kappa shape index (κ3) is 8.48. The number of aliphatic hydroxyl groups is 1. The van der Waals surface area contributed by atoms with Crippen LogP contribution in [0.2, 0.25) is 0 Å². The van der Waals surface area contributed by atoms with Crippen LogP contribution in [-0.2, 0) is 14.3 Å². The Morgan fingerprint density at radius 3 is 2.37 bits per heavy atom. The smallest absolute Gasteiger partial charge is 0.230 e. The van der Waals surface area contributed by atoms with Gasteiger partial charge in [-0.15, -0.1) is 0 Å². The Labute approximate surface area is 248 Å². The Morgan fingerprint density at radius 2 is 1.71 bits per heavy atom. The SMILES string of the molecule is C=C(/C=C\C(OC)=C(C)C)C1CCC(CN(C(=O)C2CCC(O)CC2)c2cccc(N3CCC(COC)C3)c2)CC1. The molecule has 1 atom stereocenters. The van der Waals surface area contributed by atoms with Crippen LogP contribution in [0.25, 0.3) is 0 Å². The zero-order chi connectivity index (χ0) is 29.4. The molecular formula is C35H52N2O4. The fourth-order valence-corrected chi connectivity index (χ4v) is 6.89. The lowest BCUT2D eigenvalue weighted by Gasteiger charge is -2.36. The standard InChI is InChI=1S/C35H52N2O4/c1-25(2)34(41-5)18-9-26(3)29-12-10-27(11-13-29)23-37(35(39)30-14-16-33(38)17-15-30)32-8-6-7-31(21-32)36-20-19-28(22-36)24-40-4/h6-9,18,21,27-30,33,38H,3,10-17,19-20,22-24H2,1-2,4-5H3/b18-9-. The van der Waals surface area contributed by atoms with Crippen LogP contribution in [0.3, 0.4) is 0 Å². The predicted molar refractivity (Wildman–Crippen MR) is 168 cm³/mol. The van der Waals surface area contributed by atoms with Crippen LogP contribution in [0.15, 0.2) is 59.9 Å². The number of amides is 1. The minimum atomic E-state index is -0.264. The largest absolute Gasteiger partial charge is 0.497 e. The lowest BCUT2D eigenvalue weighted by molar-refractivity contribution is -0.124. The second-order valence-electron chi connectivity index (χ2n) is 12.7. The summed E-state index contributed by atoms with van der Waals surface area (Å²) in [5.74, 6) is 2.62. The van der Waals surface area contributed by atoms with Crippen molar-refractivity contribution < 1.29 is 19.4 Å². The van der Waals surface area contributed by atoms with E-state index in [4.69, 9.17) is 9.47 Å². The molecule has 1 aromatic rings. The number of carbonyl (C=O) groups is 1. The van der Waals surface area contributed by atoms with Gasteiger partial charge in [0.1, 0.15) is 5.76 Å². The van der Waals surface area contributed by atoms with E-state index in [0.29, 0.717) is 17.8 Å². The van der Waals surface area contributed by atoms with E-state index >= 15 is 0 Å². The number of hydrogen-bond acceptors (Lipinski definition) is 5. The molecular weight excluding hydrogens is 512 g/mol. The lowest BCUT2D eigenvalue weighted by atomic mass is 9.78. The van der Waals surface area contributed by atoms with Crippen LogP contribution in [0.1, 0.15) is 71.6 Å². The molecule has 1 aromatic carbocycles. The number of carbonyl (C=O) groups excluding carboxylic acids is 1. The van der Waals surface area contributed by atoms with Gasteiger partial charge in [0.25, 0.3) is 0 Å².